The minimum Gasteiger partial charge on any atom is -0.373 e. The van der Waals surface area contributed by atoms with Crippen LogP contribution in [0.1, 0.15) is 24.3 Å². The molecular formula is C24H19F3N6O2. The molecule has 35 heavy (non-hydrogen) atoms. The number of carbonyl (C=O) groups is 1. The predicted octanol–water partition coefficient (Wildman–Crippen LogP) is 4.76. The van der Waals surface area contributed by atoms with E-state index in [4.69, 9.17) is 0 Å². The van der Waals surface area contributed by atoms with Gasteiger partial charge in [0.2, 0.25) is 0 Å². The summed E-state index contributed by atoms with van der Waals surface area (Å²) in [5, 5.41) is 8.56. The minimum absolute atomic E-state index is 0.0113. The highest BCUT2D eigenvalue weighted by molar-refractivity contribution is 5.99. The number of urea groups is 1. The van der Waals surface area contributed by atoms with E-state index in [1.54, 1.807) is 19.3 Å². The molecule has 1 fully saturated rings. The zero-order valence-corrected chi connectivity index (χ0v) is 18.4. The first-order valence-corrected chi connectivity index (χ1v) is 10.8. The molecule has 0 radical (unpaired) electrons. The Kier molecular flexibility index (Phi) is 5.59. The second-order valence-electron chi connectivity index (χ2n) is 8.08. The number of nitrogens with one attached hydrogen (secondary N) is 3. The van der Waals surface area contributed by atoms with Crippen LogP contribution >= 0.6 is 0 Å². The van der Waals surface area contributed by atoms with E-state index in [1.807, 2.05) is 0 Å². The van der Waals surface area contributed by atoms with Gasteiger partial charge in [0.25, 0.3) is 5.56 Å². The number of halogens is 3. The molecule has 8 nitrogen and oxygen atoms in total. The Morgan fingerprint density at radius 2 is 1.83 bits per heavy atom. The molecule has 1 aliphatic rings. The highest BCUT2D eigenvalue weighted by atomic mass is 19.1. The average Bonchev–Trinajstić information content (AvgIpc) is 3.67. The van der Waals surface area contributed by atoms with Gasteiger partial charge in [0.1, 0.15) is 11.6 Å². The fourth-order valence-electron chi connectivity index (χ4n) is 3.84. The summed E-state index contributed by atoms with van der Waals surface area (Å²) in [6.45, 7) is 0. The van der Waals surface area contributed by atoms with Crippen molar-refractivity contribution in [2.24, 2.45) is 0 Å². The number of rotatable bonds is 5. The SMILES string of the molecule is CNc1cc2c(C3CC3)c(=O)n(-c3nc(NC(=O)Nc4ccccc4F)c(F)cc3F)cc2cn1. The number of carbonyl (C=O) groups excluding carboxylic acids is 1. The van der Waals surface area contributed by atoms with Crippen LogP contribution in [0, 0.1) is 17.5 Å². The Balaban J connectivity index is 1.56. The molecule has 1 saturated carbocycles. The lowest BCUT2D eigenvalue weighted by atomic mass is 10.1. The van der Waals surface area contributed by atoms with Gasteiger partial charge in [-0.25, -0.2) is 27.9 Å². The average molecular weight is 480 g/mol. The monoisotopic (exact) mass is 480 g/mol. The molecule has 0 spiro atoms. The van der Waals surface area contributed by atoms with E-state index in [0.717, 1.165) is 23.5 Å². The van der Waals surface area contributed by atoms with Crippen molar-refractivity contribution in [1.82, 2.24) is 14.5 Å². The first-order chi connectivity index (χ1) is 16.9. The quantitative estimate of drug-likeness (QED) is 0.382. The molecule has 178 valence electrons. The molecule has 3 aromatic heterocycles. The Morgan fingerprint density at radius 3 is 2.54 bits per heavy atom. The molecule has 0 aliphatic heterocycles. The van der Waals surface area contributed by atoms with Crippen LogP contribution in [0.15, 0.2) is 53.6 Å². The zero-order valence-electron chi connectivity index (χ0n) is 18.4. The summed E-state index contributed by atoms with van der Waals surface area (Å²) in [7, 11) is 1.71. The third-order valence-corrected chi connectivity index (χ3v) is 5.68. The number of nitrogens with zero attached hydrogens (tertiary/aromatic N) is 3. The van der Waals surface area contributed by atoms with Crippen molar-refractivity contribution < 1.29 is 18.0 Å². The number of benzene rings is 1. The number of hydrogen-bond acceptors (Lipinski definition) is 5. The lowest BCUT2D eigenvalue weighted by Crippen LogP contribution is -2.26. The van der Waals surface area contributed by atoms with E-state index < -0.39 is 40.7 Å². The molecule has 0 atom stereocenters. The summed E-state index contributed by atoms with van der Waals surface area (Å²) in [6.07, 6.45) is 4.55. The zero-order chi connectivity index (χ0) is 24.7. The van der Waals surface area contributed by atoms with Crippen LogP contribution in [0.3, 0.4) is 0 Å². The Labute approximate surface area is 196 Å². The van der Waals surface area contributed by atoms with Crippen LogP contribution in [0.4, 0.5) is 35.3 Å². The molecule has 0 bridgehead atoms. The van der Waals surface area contributed by atoms with Gasteiger partial charge in [-0.3, -0.25) is 14.7 Å². The molecule has 5 rings (SSSR count). The number of pyridine rings is 3. The van der Waals surface area contributed by atoms with Crippen LogP contribution in [0.2, 0.25) is 0 Å². The smallest absolute Gasteiger partial charge is 0.325 e. The summed E-state index contributed by atoms with van der Waals surface area (Å²) in [6, 6.07) is 6.69. The van der Waals surface area contributed by atoms with Crippen molar-refractivity contribution in [3.63, 3.8) is 0 Å². The molecule has 0 unspecified atom stereocenters. The summed E-state index contributed by atoms with van der Waals surface area (Å²) in [4.78, 5) is 33.8. The number of hydrogen-bond donors (Lipinski definition) is 3. The van der Waals surface area contributed by atoms with Gasteiger partial charge in [0, 0.05) is 36.5 Å². The Hall–Kier alpha value is -4.41. The van der Waals surface area contributed by atoms with E-state index in [9.17, 15) is 22.8 Å². The van der Waals surface area contributed by atoms with Gasteiger partial charge in [-0.05, 0) is 42.3 Å². The number of amides is 2. The fourth-order valence-corrected chi connectivity index (χ4v) is 3.84. The van der Waals surface area contributed by atoms with Gasteiger partial charge in [-0.1, -0.05) is 12.1 Å². The lowest BCUT2D eigenvalue weighted by molar-refractivity contribution is 0.262. The number of anilines is 3. The number of aromatic nitrogens is 3. The Morgan fingerprint density at radius 1 is 1.06 bits per heavy atom. The topological polar surface area (TPSA) is 101 Å². The minimum atomic E-state index is -1.16. The van der Waals surface area contributed by atoms with Crippen LogP contribution in [-0.2, 0) is 0 Å². The van der Waals surface area contributed by atoms with E-state index in [-0.39, 0.29) is 11.6 Å². The standard InChI is InChI=1S/C24H19F3N6O2/c1-28-19-8-14-13(10-29-19)11-33(23(34)20(14)12-6-7-12)22-17(27)9-16(26)21(31-22)32-24(35)30-18-5-3-2-4-15(18)25/h2-5,8-12,28H,6-7H2,1H3,(H2,30,31,32,35). The third kappa shape index (κ3) is 4.27. The molecule has 0 saturated heterocycles. The van der Waals surface area contributed by atoms with Gasteiger partial charge < -0.3 is 10.6 Å². The third-order valence-electron chi connectivity index (χ3n) is 5.68. The molecule has 1 aromatic carbocycles. The van der Waals surface area contributed by atoms with Crippen LogP contribution < -0.4 is 21.5 Å². The Bertz CT molecular complexity index is 1530. The molecule has 2 amide bonds. The number of fused-ring (bicyclic) bond motifs is 1. The van der Waals surface area contributed by atoms with Gasteiger partial charge in [-0.2, -0.15) is 0 Å². The van der Waals surface area contributed by atoms with Crippen molar-refractivity contribution in [2.45, 2.75) is 18.8 Å². The van der Waals surface area contributed by atoms with Gasteiger partial charge >= 0.3 is 6.03 Å². The maximum absolute atomic E-state index is 14.8. The highest BCUT2D eigenvalue weighted by Gasteiger charge is 2.30. The first-order valence-electron chi connectivity index (χ1n) is 10.8. The van der Waals surface area contributed by atoms with Gasteiger partial charge in [0.05, 0.1) is 5.69 Å². The van der Waals surface area contributed by atoms with Crippen LogP contribution in [0.25, 0.3) is 16.6 Å². The summed E-state index contributed by atoms with van der Waals surface area (Å²) >= 11 is 0. The van der Waals surface area contributed by atoms with Crippen LogP contribution in [0.5, 0.6) is 0 Å². The second-order valence-corrected chi connectivity index (χ2v) is 8.08. The van der Waals surface area contributed by atoms with E-state index in [2.05, 4.69) is 25.9 Å². The normalized spacial score (nSPS) is 13.0. The number of para-hydroxylation sites is 1. The first kappa shape index (κ1) is 22.4. The van der Waals surface area contributed by atoms with E-state index >= 15 is 0 Å². The maximum atomic E-state index is 14.8. The van der Waals surface area contributed by atoms with E-state index in [1.165, 1.54) is 24.4 Å². The molecule has 1 aliphatic carbocycles. The van der Waals surface area contributed by atoms with Crippen molar-refractivity contribution in [1.29, 1.82) is 0 Å². The predicted molar refractivity (Wildman–Crippen MR) is 126 cm³/mol. The molecule has 4 aromatic rings. The maximum Gasteiger partial charge on any atom is 0.325 e. The van der Waals surface area contributed by atoms with Crippen LogP contribution in [-0.4, -0.2) is 27.6 Å². The molecule has 3 N–H and O–H groups in total. The van der Waals surface area contributed by atoms with Gasteiger partial charge in [-0.15, -0.1) is 0 Å². The summed E-state index contributed by atoms with van der Waals surface area (Å²) < 4.78 is 44.1. The summed E-state index contributed by atoms with van der Waals surface area (Å²) in [5.41, 5.74) is -0.132. The summed E-state index contributed by atoms with van der Waals surface area (Å²) in [5.74, 6) is -3.47. The fraction of sp³-hybridized carbons (Fsp3) is 0.167. The van der Waals surface area contributed by atoms with Crippen molar-refractivity contribution in [3.05, 3.63) is 82.2 Å². The van der Waals surface area contributed by atoms with Crippen molar-refractivity contribution in [2.75, 3.05) is 23.0 Å². The molecule has 11 heteroatoms. The lowest BCUT2D eigenvalue weighted by Gasteiger charge is -2.14. The van der Waals surface area contributed by atoms with Crippen molar-refractivity contribution >= 4 is 34.1 Å². The highest BCUT2D eigenvalue weighted by Crippen LogP contribution is 2.41. The largest absolute Gasteiger partial charge is 0.373 e. The van der Waals surface area contributed by atoms with Crippen molar-refractivity contribution in [3.8, 4) is 5.82 Å². The van der Waals surface area contributed by atoms with E-state index in [0.29, 0.717) is 28.2 Å². The van der Waals surface area contributed by atoms with Gasteiger partial charge in [0.15, 0.2) is 23.3 Å². The second kappa shape index (κ2) is 8.75. The molecular weight excluding hydrogens is 461 g/mol. The molecule has 3 heterocycles.